The molecule has 2 heterocycles. The third kappa shape index (κ3) is 2.92. The van der Waals surface area contributed by atoms with Crippen LogP contribution in [0.15, 0.2) is 67.0 Å². The highest BCUT2D eigenvalue weighted by Gasteiger charge is 2.37. The first kappa shape index (κ1) is 18.4. The van der Waals surface area contributed by atoms with Crippen LogP contribution >= 0.6 is 0 Å². The number of carbonyl (C=O) groups is 2. The van der Waals surface area contributed by atoms with Gasteiger partial charge in [-0.25, -0.2) is 9.59 Å². The molecule has 0 fully saturated rings. The number of aromatic nitrogens is 1. The molecule has 0 bridgehead atoms. The molecule has 0 spiro atoms. The quantitative estimate of drug-likeness (QED) is 0.711. The summed E-state index contributed by atoms with van der Waals surface area (Å²) in [6.07, 6.45) is 3.49. The van der Waals surface area contributed by atoms with Crippen LogP contribution in [-0.4, -0.2) is 34.8 Å². The number of ether oxygens (including phenoxy) is 1. The first-order valence-corrected chi connectivity index (χ1v) is 9.95. The van der Waals surface area contributed by atoms with Crippen molar-refractivity contribution in [1.29, 1.82) is 0 Å². The summed E-state index contributed by atoms with van der Waals surface area (Å²) < 4.78 is 5.72. The van der Waals surface area contributed by atoms with Crippen molar-refractivity contribution in [2.24, 2.45) is 0 Å². The van der Waals surface area contributed by atoms with E-state index in [-0.39, 0.29) is 12.5 Å². The lowest BCUT2D eigenvalue weighted by Crippen LogP contribution is -2.48. The highest BCUT2D eigenvalue weighted by Crippen LogP contribution is 2.44. The fourth-order valence-electron chi connectivity index (χ4n) is 4.56. The maximum Gasteiger partial charge on any atom is 0.415 e. The fourth-order valence-corrected chi connectivity index (χ4v) is 4.56. The Labute approximate surface area is 173 Å². The summed E-state index contributed by atoms with van der Waals surface area (Å²) in [4.78, 5) is 30.2. The first-order valence-electron chi connectivity index (χ1n) is 9.95. The number of benzene rings is 2. The third-order valence-electron chi connectivity index (χ3n) is 5.95. The molecule has 30 heavy (non-hydrogen) atoms. The Kier molecular flexibility index (Phi) is 4.47. The molecule has 0 saturated carbocycles. The van der Waals surface area contributed by atoms with Gasteiger partial charge in [-0.3, -0.25) is 9.88 Å². The van der Waals surface area contributed by atoms with Gasteiger partial charge in [0.25, 0.3) is 0 Å². The predicted molar refractivity (Wildman–Crippen MR) is 112 cm³/mol. The minimum atomic E-state index is -1.04. The van der Waals surface area contributed by atoms with Crippen molar-refractivity contribution < 1.29 is 19.4 Å². The molecule has 1 aromatic heterocycles. The van der Waals surface area contributed by atoms with E-state index in [1.54, 1.807) is 18.5 Å². The van der Waals surface area contributed by atoms with E-state index < -0.39 is 18.1 Å². The molecule has 0 saturated heterocycles. The lowest BCUT2D eigenvalue weighted by molar-refractivity contribution is -0.138. The maximum absolute atomic E-state index is 13.1. The molecule has 150 valence electrons. The van der Waals surface area contributed by atoms with Gasteiger partial charge >= 0.3 is 12.1 Å². The van der Waals surface area contributed by atoms with Gasteiger partial charge in [0.05, 0.1) is 5.69 Å². The fraction of sp³-hybridized carbons (Fsp3) is 0.208. The molecule has 2 aliphatic rings. The van der Waals surface area contributed by atoms with E-state index in [0.717, 1.165) is 27.8 Å². The van der Waals surface area contributed by atoms with Crippen LogP contribution in [0.3, 0.4) is 0 Å². The number of carboxylic acids is 1. The number of carbonyl (C=O) groups excluding carboxylic acids is 1. The summed E-state index contributed by atoms with van der Waals surface area (Å²) in [5, 5.41) is 9.66. The van der Waals surface area contributed by atoms with Gasteiger partial charge in [-0.05, 0) is 46.7 Å². The van der Waals surface area contributed by atoms with Crippen LogP contribution < -0.4 is 4.90 Å². The summed E-state index contributed by atoms with van der Waals surface area (Å²) in [5.41, 5.74) is 5.93. The van der Waals surface area contributed by atoms with Crippen molar-refractivity contribution in [1.82, 2.24) is 4.98 Å². The number of hydrogen-bond acceptors (Lipinski definition) is 4. The Morgan fingerprint density at radius 3 is 2.37 bits per heavy atom. The number of nitrogens with zero attached hydrogens (tertiary/aromatic N) is 2. The second-order valence-electron chi connectivity index (χ2n) is 7.57. The van der Waals surface area contributed by atoms with Crippen LogP contribution in [0, 0.1) is 0 Å². The molecule has 1 aliphatic heterocycles. The van der Waals surface area contributed by atoms with Crippen LogP contribution in [0.25, 0.3) is 11.1 Å². The van der Waals surface area contributed by atoms with Crippen LogP contribution in [0.5, 0.6) is 0 Å². The van der Waals surface area contributed by atoms with Crippen molar-refractivity contribution in [3.63, 3.8) is 0 Å². The number of carboxylic acid groups (broad SMARTS) is 1. The van der Waals surface area contributed by atoms with Crippen LogP contribution in [0.2, 0.25) is 0 Å². The molecule has 0 radical (unpaired) electrons. The molecular formula is C24H20N2O4. The number of amides is 1. The predicted octanol–water partition coefficient (Wildman–Crippen LogP) is 4.24. The van der Waals surface area contributed by atoms with Gasteiger partial charge in [0.1, 0.15) is 12.6 Å². The topological polar surface area (TPSA) is 79.7 Å². The molecular weight excluding hydrogens is 380 g/mol. The van der Waals surface area contributed by atoms with Crippen molar-refractivity contribution in [3.8, 4) is 11.1 Å². The molecule has 1 amide bonds. The molecule has 1 N–H and O–H groups in total. The Morgan fingerprint density at radius 2 is 1.70 bits per heavy atom. The maximum atomic E-state index is 13.1. The molecule has 6 heteroatoms. The standard InChI is InChI=1S/C24H20N2O4/c27-23(28)22-10-9-15-13-25-12-11-21(15)26(22)24(29)30-14-20-18-7-3-1-5-16(18)17-6-2-4-8-19(17)20/h1-8,11-13,20,22H,9-10,14H2,(H,27,28). The van der Waals surface area contributed by atoms with E-state index >= 15 is 0 Å². The van der Waals surface area contributed by atoms with Gasteiger partial charge in [0.2, 0.25) is 0 Å². The number of anilines is 1. The molecule has 6 nitrogen and oxygen atoms in total. The molecule has 1 atom stereocenters. The zero-order valence-electron chi connectivity index (χ0n) is 16.2. The summed E-state index contributed by atoms with van der Waals surface area (Å²) in [5.74, 6) is -1.11. The second-order valence-corrected chi connectivity index (χ2v) is 7.57. The van der Waals surface area contributed by atoms with Crippen molar-refractivity contribution in [3.05, 3.63) is 83.7 Å². The van der Waals surface area contributed by atoms with Crippen molar-refractivity contribution >= 4 is 17.7 Å². The van der Waals surface area contributed by atoms with Gasteiger partial charge in [-0.1, -0.05) is 48.5 Å². The van der Waals surface area contributed by atoms with Gasteiger partial charge in [-0.15, -0.1) is 0 Å². The van der Waals surface area contributed by atoms with Crippen LogP contribution in [-0.2, 0) is 16.0 Å². The Morgan fingerprint density at radius 1 is 1.03 bits per heavy atom. The molecule has 1 unspecified atom stereocenters. The zero-order chi connectivity index (χ0) is 20.7. The summed E-state index contributed by atoms with van der Waals surface area (Å²) >= 11 is 0. The average Bonchev–Trinajstić information content (AvgIpc) is 3.10. The zero-order valence-corrected chi connectivity index (χ0v) is 16.2. The van der Waals surface area contributed by atoms with E-state index in [1.807, 2.05) is 24.3 Å². The first-order chi connectivity index (χ1) is 14.6. The minimum Gasteiger partial charge on any atom is -0.480 e. The van der Waals surface area contributed by atoms with Crippen molar-refractivity contribution in [2.75, 3.05) is 11.5 Å². The highest BCUT2D eigenvalue weighted by atomic mass is 16.6. The smallest absolute Gasteiger partial charge is 0.415 e. The number of fused-ring (bicyclic) bond motifs is 4. The summed E-state index contributed by atoms with van der Waals surface area (Å²) in [6.45, 7) is 0.149. The van der Waals surface area contributed by atoms with Gasteiger partial charge < -0.3 is 9.84 Å². The number of hydrogen-bond donors (Lipinski definition) is 1. The van der Waals surface area contributed by atoms with Gasteiger partial charge in [-0.2, -0.15) is 0 Å². The monoisotopic (exact) mass is 400 g/mol. The SMILES string of the molecule is O=C(O)C1CCc2cnccc2N1C(=O)OCC1c2ccccc2-c2ccccc21. The summed E-state index contributed by atoms with van der Waals surface area (Å²) in [6, 6.07) is 16.9. The van der Waals surface area contributed by atoms with Crippen LogP contribution in [0.4, 0.5) is 10.5 Å². The van der Waals surface area contributed by atoms with Gasteiger partial charge in [0.15, 0.2) is 0 Å². The Bertz CT molecular complexity index is 1100. The highest BCUT2D eigenvalue weighted by molar-refractivity contribution is 5.96. The van der Waals surface area contributed by atoms with Crippen molar-refractivity contribution in [2.45, 2.75) is 24.8 Å². The van der Waals surface area contributed by atoms with Crippen LogP contribution in [0.1, 0.15) is 29.0 Å². The number of aliphatic carboxylic acids is 1. The second kappa shape index (κ2) is 7.30. The molecule has 3 aromatic rings. The summed E-state index contributed by atoms with van der Waals surface area (Å²) in [7, 11) is 0. The lowest BCUT2D eigenvalue weighted by atomic mass is 9.97. The normalized spacial score (nSPS) is 17.1. The minimum absolute atomic E-state index is 0.0775. The molecule has 5 rings (SSSR count). The van der Waals surface area contributed by atoms with Gasteiger partial charge in [0, 0.05) is 18.3 Å². The Balaban J connectivity index is 1.43. The Hall–Kier alpha value is -3.67. The number of rotatable bonds is 3. The number of pyridine rings is 1. The van der Waals surface area contributed by atoms with E-state index in [1.165, 1.54) is 4.90 Å². The van der Waals surface area contributed by atoms with E-state index in [2.05, 4.69) is 29.2 Å². The largest absolute Gasteiger partial charge is 0.480 e. The van der Waals surface area contributed by atoms with E-state index in [0.29, 0.717) is 18.5 Å². The van der Waals surface area contributed by atoms with E-state index in [4.69, 9.17) is 4.74 Å². The average molecular weight is 400 g/mol. The molecule has 1 aliphatic carbocycles. The lowest BCUT2D eigenvalue weighted by Gasteiger charge is -2.33. The van der Waals surface area contributed by atoms with E-state index in [9.17, 15) is 14.7 Å². The number of aryl methyl sites for hydroxylation is 1. The third-order valence-corrected chi connectivity index (χ3v) is 5.95. The molecule has 2 aromatic carbocycles.